The number of hydrogen-bond donors (Lipinski definition) is 1. The van der Waals surface area contributed by atoms with Crippen LogP contribution in [0.2, 0.25) is 0 Å². The summed E-state index contributed by atoms with van der Waals surface area (Å²) in [7, 11) is 2.00. The van der Waals surface area contributed by atoms with Crippen LogP contribution in [-0.2, 0) is 24.5 Å². The van der Waals surface area contributed by atoms with Gasteiger partial charge in [-0.3, -0.25) is 4.68 Å². The molecule has 3 rings (SSSR count). The van der Waals surface area contributed by atoms with Crippen molar-refractivity contribution in [2.45, 2.75) is 39.1 Å². The number of hydrogen-bond acceptors (Lipinski definition) is 3. The number of ether oxygens (including phenoxy) is 1. The highest BCUT2D eigenvalue weighted by atomic mass is 16.5. The Labute approximate surface area is 119 Å². The molecule has 106 valence electrons. The van der Waals surface area contributed by atoms with Gasteiger partial charge in [0.15, 0.2) is 0 Å². The van der Waals surface area contributed by atoms with E-state index in [9.17, 15) is 0 Å². The summed E-state index contributed by atoms with van der Waals surface area (Å²) in [6.45, 7) is 4.60. The first kappa shape index (κ1) is 13.3. The van der Waals surface area contributed by atoms with Gasteiger partial charge in [-0.1, -0.05) is 25.1 Å². The average Bonchev–Trinajstić information content (AvgIpc) is 3.09. The van der Waals surface area contributed by atoms with E-state index >= 15 is 0 Å². The second-order valence-corrected chi connectivity index (χ2v) is 5.22. The van der Waals surface area contributed by atoms with Crippen LogP contribution in [0.3, 0.4) is 0 Å². The van der Waals surface area contributed by atoms with Gasteiger partial charge >= 0.3 is 0 Å². The molecule has 1 aromatic heterocycles. The topological polar surface area (TPSA) is 39.1 Å². The van der Waals surface area contributed by atoms with E-state index < -0.39 is 0 Å². The lowest BCUT2D eigenvalue weighted by Gasteiger charge is -2.19. The molecule has 1 aliphatic rings. The van der Waals surface area contributed by atoms with E-state index in [4.69, 9.17) is 4.74 Å². The van der Waals surface area contributed by atoms with Crippen LogP contribution in [0.5, 0.6) is 0 Å². The second-order valence-electron chi connectivity index (χ2n) is 5.22. The van der Waals surface area contributed by atoms with Crippen LogP contribution in [0.15, 0.2) is 30.5 Å². The van der Waals surface area contributed by atoms with E-state index in [1.165, 1.54) is 22.4 Å². The summed E-state index contributed by atoms with van der Waals surface area (Å²) in [6, 6.07) is 8.91. The smallest absolute Gasteiger partial charge is 0.0745 e. The molecule has 4 heteroatoms. The van der Waals surface area contributed by atoms with E-state index in [0.29, 0.717) is 0 Å². The van der Waals surface area contributed by atoms with E-state index in [2.05, 4.69) is 46.3 Å². The Bertz CT molecular complexity index is 591. The van der Waals surface area contributed by atoms with Crippen LogP contribution in [-0.4, -0.2) is 16.8 Å². The molecule has 0 aliphatic carbocycles. The van der Waals surface area contributed by atoms with Crippen molar-refractivity contribution in [3.63, 3.8) is 0 Å². The van der Waals surface area contributed by atoms with Crippen molar-refractivity contribution < 1.29 is 4.74 Å². The van der Waals surface area contributed by atoms with Gasteiger partial charge in [0.2, 0.25) is 0 Å². The molecular formula is C16H21N3O. The van der Waals surface area contributed by atoms with Gasteiger partial charge in [-0.2, -0.15) is 5.10 Å². The fourth-order valence-electron chi connectivity index (χ4n) is 2.84. The number of rotatable bonds is 5. The third-order valence-electron chi connectivity index (χ3n) is 3.85. The second kappa shape index (κ2) is 5.77. The molecule has 20 heavy (non-hydrogen) atoms. The van der Waals surface area contributed by atoms with Crippen molar-refractivity contribution in [2.75, 3.05) is 7.05 Å². The highest BCUT2D eigenvalue weighted by Gasteiger charge is 2.19. The summed E-state index contributed by atoms with van der Waals surface area (Å²) in [6.07, 6.45) is 2.97. The molecule has 2 aromatic rings. The normalized spacial score (nSPS) is 15.3. The molecule has 1 atom stereocenters. The number of fused-ring (bicyclic) bond motifs is 1. The Morgan fingerprint density at radius 2 is 2.15 bits per heavy atom. The maximum absolute atomic E-state index is 5.50. The van der Waals surface area contributed by atoms with Crippen molar-refractivity contribution in [3.05, 3.63) is 52.8 Å². The van der Waals surface area contributed by atoms with Gasteiger partial charge < -0.3 is 10.1 Å². The molecule has 0 radical (unpaired) electrons. The van der Waals surface area contributed by atoms with E-state index in [1.54, 1.807) is 0 Å². The lowest BCUT2D eigenvalue weighted by molar-refractivity contribution is 0.134. The summed E-state index contributed by atoms with van der Waals surface area (Å²) in [4.78, 5) is 0. The maximum Gasteiger partial charge on any atom is 0.0745 e. The Kier molecular flexibility index (Phi) is 3.85. The predicted molar refractivity (Wildman–Crippen MR) is 78.4 cm³/mol. The zero-order valence-corrected chi connectivity index (χ0v) is 12.1. The molecule has 2 heterocycles. The third-order valence-corrected chi connectivity index (χ3v) is 3.85. The first-order valence-corrected chi connectivity index (χ1v) is 7.22. The summed E-state index contributed by atoms with van der Waals surface area (Å²) in [5, 5.41) is 7.83. The highest BCUT2D eigenvalue weighted by Crippen LogP contribution is 2.27. The molecule has 0 saturated carbocycles. The lowest BCUT2D eigenvalue weighted by Crippen LogP contribution is -2.21. The zero-order chi connectivity index (χ0) is 13.9. The summed E-state index contributed by atoms with van der Waals surface area (Å²) >= 11 is 0. The molecule has 0 amide bonds. The first-order chi connectivity index (χ1) is 9.83. The van der Waals surface area contributed by atoms with Gasteiger partial charge in [0, 0.05) is 12.7 Å². The van der Waals surface area contributed by atoms with Gasteiger partial charge in [-0.05, 0) is 36.2 Å². The van der Waals surface area contributed by atoms with Crippen LogP contribution in [0.25, 0.3) is 0 Å². The quantitative estimate of drug-likeness (QED) is 0.908. The predicted octanol–water partition coefficient (Wildman–Crippen LogP) is 2.63. The summed E-state index contributed by atoms with van der Waals surface area (Å²) in [5.41, 5.74) is 5.11. The molecule has 0 bridgehead atoms. The van der Waals surface area contributed by atoms with Crippen LogP contribution >= 0.6 is 0 Å². The average molecular weight is 271 g/mol. The lowest BCUT2D eigenvalue weighted by atomic mass is 9.99. The minimum absolute atomic E-state index is 0.176. The number of nitrogens with one attached hydrogen (secondary N) is 1. The summed E-state index contributed by atoms with van der Waals surface area (Å²) in [5.74, 6) is 0. The maximum atomic E-state index is 5.50. The zero-order valence-electron chi connectivity index (χ0n) is 12.1. The highest BCUT2D eigenvalue weighted by molar-refractivity contribution is 5.37. The molecule has 1 N–H and O–H groups in total. The minimum atomic E-state index is 0.176. The van der Waals surface area contributed by atoms with Gasteiger partial charge in [0.25, 0.3) is 0 Å². The minimum Gasteiger partial charge on any atom is -0.372 e. The van der Waals surface area contributed by atoms with Gasteiger partial charge in [-0.25, -0.2) is 0 Å². The van der Waals surface area contributed by atoms with Crippen molar-refractivity contribution >= 4 is 0 Å². The fourth-order valence-corrected chi connectivity index (χ4v) is 2.84. The number of benzene rings is 1. The molecule has 0 saturated heterocycles. The van der Waals surface area contributed by atoms with E-state index in [0.717, 1.165) is 26.2 Å². The monoisotopic (exact) mass is 271 g/mol. The standard InChI is InChI=1S/C16H21N3O/c1-3-8-19-15(6-7-18-19)16(17-2)12-4-5-13-10-20-11-14(13)9-12/h4-7,9,16-17H,3,8,10-11H2,1-2H3. The molecule has 4 nitrogen and oxygen atoms in total. The molecule has 0 spiro atoms. The number of aryl methyl sites for hydroxylation is 1. The molecular weight excluding hydrogens is 250 g/mol. The third kappa shape index (κ3) is 2.37. The fraction of sp³-hybridized carbons (Fsp3) is 0.438. The Morgan fingerprint density at radius 1 is 1.30 bits per heavy atom. The van der Waals surface area contributed by atoms with Crippen LogP contribution in [0.1, 0.15) is 41.8 Å². The van der Waals surface area contributed by atoms with Gasteiger partial charge in [-0.15, -0.1) is 0 Å². The van der Waals surface area contributed by atoms with E-state index in [1.807, 2.05) is 13.2 Å². The van der Waals surface area contributed by atoms with Crippen molar-refractivity contribution in [2.24, 2.45) is 0 Å². The summed E-state index contributed by atoms with van der Waals surface area (Å²) < 4.78 is 7.59. The molecule has 0 fully saturated rings. The molecule has 1 aromatic carbocycles. The Morgan fingerprint density at radius 3 is 2.95 bits per heavy atom. The molecule has 1 unspecified atom stereocenters. The van der Waals surface area contributed by atoms with Crippen LogP contribution in [0.4, 0.5) is 0 Å². The molecule has 1 aliphatic heterocycles. The van der Waals surface area contributed by atoms with Gasteiger partial charge in [0.1, 0.15) is 0 Å². The van der Waals surface area contributed by atoms with Gasteiger partial charge in [0.05, 0.1) is 24.9 Å². The first-order valence-electron chi connectivity index (χ1n) is 7.22. The van der Waals surface area contributed by atoms with Crippen molar-refractivity contribution in [1.29, 1.82) is 0 Å². The van der Waals surface area contributed by atoms with Crippen LogP contribution < -0.4 is 5.32 Å². The number of aromatic nitrogens is 2. The van der Waals surface area contributed by atoms with Crippen molar-refractivity contribution in [3.8, 4) is 0 Å². The largest absolute Gasteiger partial charge is 0.372 e. The Hall–Kier alpha value is -1.65. The van der Waals surface area contributed by atoms with E-state index in [-0.39, 0.29) is 6.04 Å². The SMILES string of the molecule is CCCn1nccc1C(NC)c1ccc2c(c1)COC2. The Balaban J connectivity index is 1.95. The number of nitrogens with zero attached hydrogens (tertiary/aromatic N) is 2. The van der Waals surface area contributed by atoms with Crippen molar-refractivity contribution in [1.82, 2.24) is 15.1 Å². The van der Waals surface area contributed by atoms with Crippen LogP contribution in [0, 0.1) is 0 Å².